The SMILES string of the molecule is O=[N+]([O-])c1cccc(/C=N/OCc2ccccc2Cl)c1. The van der Waals surface area contributed by atoms with Crippen LogP contribution in [0.4, 0.5) is 5.69 Å². The summed E-state index contributed by atoms with van der Waals surface area (Å²) < 4.78 is 0. The van der Waals surface area contributed by atoms with Crippen molar-refractivity contribution in [3.05, 3.63) is 74.8 Å². The summed E-state index contributed by atoms with van der Waals surface area (Å²) >= 11 is 5.97. The van der Waals surface area contributed by atoms with Crippen LogP contribution in [0.25, 0.3) is 0 Å². The lowest BCUT2D eigenvalue weighted by atomic mass is 10.2. The van der Waals surface area contributed by atoms with Crippen LogP contribution in [0.3, 0.4) is 0 Å². The van der Waals surface area contributed by atoms with Gasteiger partial charge in [0.2, 0.25) is 0 Å². The molecule has 2 rings (SSSR count). The van der Waals surface area contributed by atoms with E-state index in [-0.39, 0.29) is 12.3 Å². The number of nitrogens with zero attached hydrogens (tertiary/aromatic N) is 2. The summed E-state index contributed by atoms with van der Waals surface area (Å²) in [4.78, 5) is 15.3. The zero-order chi connectivity index (χ0) is 14.4. The molecular weight excluding hydrogens is 280 g/mol. The first-order valence-electron chi connectivity index (χ1n) is 5.80. The van der Waals surface area contributed by atoms with Crippen LogP contribution in [0, 0.1) is 10.1 Å². The van der Waals surface area contributed by atoms with Gasteiger partial charge in [-0.05, 0) is 6.07 Å². The van der Waals surface area contributed by atoms with Crippen molar-refractivity contribution >= 4 is 23.5 Å². The summed E-state index contributed by atoms with van der Waals surface area (Å²) in [6, 6.07) is 13.4. The molecule has 0 atom stereocenters. The number of rotatable bonds is 5. The van der Waals surface area contributed by atoms with Gasteiger partial charge in [0.1, 0.15) is 6.61 Å². The van der Waals surface area contributed by atoms with E-state index in [4.69, 9.17) is 16.4 Å². The Labute approximate surface area is 120 Å². The molecule has 0 amide bonds. The summed E-state index contributed by atoms with van der Waals surface area (Å²) in [5, 5.41) is 15.0. The Morgan fingerprint density at radius 2 is 2.05 bits per heavy atom. The molecule has 0 fully saturated rings. The van der Waals surface area contributed by atoms with E-state index in [9.17, 15) is 10.1 Å². The first-order valence-corrected chi connectivity index (χ1v) is 6.18. The van der Waals surface area contributed by atoms with Crippen LogP contribution >= 0.6 is 11.6 Å². The molecule has 102 valence electrons. The second-order valence-electron chi connectivity index (χ2n) is 3.95. The second-order valence-corrected chi connectivity index (χ2v) is 4.36. The normalized spacial score (nSPS) is 10.7. The van der Waals surface area contributed by atoms with Crippen LogP contribution in [0.15, 0.2) is 53.7 Å². The fourth-order valence-corrected chi connectivity index (χ4v) is 1.73. The number of benzene rings is 2. The second kappa shape index (κ2) is 6.68. The van der Waals surface area contributed by atoms with Gasteiger partial charge in [0.25, 0.3) is 5.69 Å². The topological polar surface area (TPSA) is 64.7 Å². The zero-order valence-corrected chi connectivity index (χ0v) is 11.2. The summed E-state index contributed by atoms with van der Waals surface area (Å²) in [5.74, 6) is 0. The van der Waals surface area contributed by atoms with E-state index in [0.717, 1.165) is 5.56 Å². The Bertz CT molecular complexity index is 644. The Morgan fingerprint density at radius 1 is 1.25 bits per heavy atom. The van der Waals surface area contributed by atoms with E-state index in [0.29, 0.717) is 10.6 Å². The van der Waals surface area contributed by atoms with E-state index in [1.54, 1.807) is 18.2 Å². The molecule has 0 spiro atoms. The van der Waals surface area contributed by atoms with Crippen molar-refractivity contribution in [1.29, 1.82) is 0 Å². The van der Waals surface area contributed by atoms with E-state index in [1.807, 2.05) is 18.2 Å². The third-order valence-electron chi connectivity index (χ3n) is 2.54. The van der Waals surface area contributed by atoms with Gasteiger partial charge in [0.05, 0.1) is 11.1 Å². The molecule has 0 radical (unpaired) electrons. The van der Waals surface area contributed by atoms with Crippen molar-refractivity contribution in [2.24, 2.45) is 5.16 Å². The fourth-order valence-electron chi connectivity index (χ4n) is 1.54. The van der Waals surface area contributed by atoms with Crippen molar-refractivity contribution in [3.8, 4) is 0 Å². The molecule has 0 bridgehead atoms. The monoisotopic (exact) mass is 290 g/mol. The van der Waals surface area contributed by atoms with Gasteiger partial charge in [-0.2, -0.15) is 0 Å². The lowest BCUT2D eigenvalue weighted by Gasteiger charge is -2.01. The minimum absolute atomic E-state index is 0.0139. The molecule has 0 saturated heterocycles. The third kappa shape index (κ3) is 3.80. The van der Waals surface area contributed by atoms with Crippen molar-refractivity contribution in [2.75, 3.05) is 0 Å². The van der Waals surface area contributed by atoms with E-state index in [1.165, 1.54) is 18.3 Å². The average molecular weight is 291 g/mol. The molecule has 0 aliphatic rings. The summed E-state index contributed by atoms with van der Waals surface area (Å²) in [5.41, 5.74) is 1.43. The standard InChI is InChI=1S/C14H11ClN2O3/c15-14-7-2-1-5-12(14)10-20-16-9-11-4-3-6-13(8-11)17(18)19/h1-9H,10H2/b16-9+. The maximum Gasteiger partial charge on any atom is 0.270 e. The maximum atomic E-state index is 10.6. The number of nitro benzene ring substituents is 1. The predicted molar refractivity (Wildman–Crippen MR) is 76.9 cm³/mol. The highest BCUT2D eigenvalue weighted by Crippen LogP contribution is 2.16. The predicted octanol–water partition coefficient (Wildman–Crippen LogP) is 3.80. The van der Waals surface area contributed by atoms with E-state index < -0.39 is 4.92 Å². The molecule has 0 aliphatic carbocycles. The van der Waals surface area contributed by atoms with Gasteiger partial charge in [-0.1, -0.05) is 47.1 Å². The Morgan fingerprint density at radius 3 is 2.80 bits per heavy atom. The van der Waals surface area contributed by atoms with Gasteiger partial charge >= 0.3 is 0 Å². The van der Waals surface area contributed by atoms with Gasteiger partial charge in [-0.3, -0.25) is 10.1 Å². The highest BCUT2D eigenvalue weighted by molar-refractivity contribution is 6.31. The number of halogens is 1. The van der Waals surface area contributed by atoms with Crippen molar-refractivity contribution in [3.63, 3.8) is 0 Å². The smallest absolute Gasteiger partial charge is 0.270 e. The molecule has 6 heteroatoms. The average Bonchev–Trinajstić information content (AvgIpc) is 2.45. The van der Waals surface area contributed by atoms with Gasteiger partial charge < -0.3 is 4.84 Å². The first-order chi connectivity index (χ1) is 9.66. The van der Waals surface area contributed by atoms with Crippen LogP contribution in [-0.2, 0) is 11.4 Å². The Balaban J connectivity index is 1.95. The summed E-state index contributed by atoms with van der Waals surface area (Å²) in [6.07, 6.45) is 1.42. The molecule has 0 heterocycles. The quantitative estimate of drug-likeness (QED) is 0.478. The zero-order valence-electron chi connectivity index (χ0n) is 10.4. The molecule has 0 aromatic heterocycles. The number of non-ortho nitro benzene ring substituents is 1. The molecule has 20 heavy (non-hydrogen) atoms. The number of hydrogen-bond donors (Lipinski definition) is 0. The molecule has 2 aromatic rings. The molecule has 0 unspecified atom stereocenters. The van der Waals surface area contributed by atoms with Crippen LogP contribution in [0.5, 0.6) is 0 Å². The Kier molecular flexibility index (Phi) is 4.68. The molecular formula is C14H11ClN2O3. The fraction of sp³-hybridized carbons (Fsp3) is 0.0714. The summed E-state index contributed by atoms with van der Waals surface area (Å²) in [7, 11) is 0. The van der Waals surface area contributed by atoms with Gasteiger partial charge in [0, 0.05) is 28.3 Å². The maximum absolute atomic E-state index is 10.6. The van der Waals surface area contributed by atoms with E-state index in [2.05, 4.69) is 5.16 Å². The molecule has 0 aliphatic heterocycles. The molecule has 0 saturated carbocycles. The van der Waals surface area contributed by atoms with Crippen LogP contribution in [0.2, 0.25) is 5.02 Å². The lowest BCUT2D eigenvalue weighted by Crippen LogP contribution is -1.91. The number of oxime groups is 1. The minimum atomic E-state index is -0.456. The first kappa shape index (κ1) is 14.0. The van der Waals surface area contributed by atoms with Gasteiger partial charge in [-0.25, -0.2) is 0 Å². The summed E-state index contributed by atoms with van der Waals surface area (Å²) in [6.45, 7) is 0.241. The van der Waals surface area contributed by atoms with E-state index >= 15 is 0 Å². The molecule has 2 aromatic carbocycles. The van der Waals surface area contributed by atoms with Crippen molar-refractivity contribution in [1.82, 2.24) is 0 Å². The number of hydrogen-bond acceptors (Lipinski definition) is 4. The van der Waals surface area contributed by atoms with Crippen molar-refractivity contribution < 1.29 is 9.76 Å². The third-order valence-corrected chi connectivity index (χ3v) is 2.90. The lowest BCUT2D eigenvalue weighted by molar-refractivity contribution is -0.384. The van der Waals surface area contributed by atoms with Crippen LogP contribution in [0.1, 0.15) is 11.1 Å². The highest BCUT2D eigenvalue weighted by atomic mass is 35.5. The van der Waals surface area contributed by atoms with Gasteiger partial charge in [0.15, 0.2) is 0 Å². The molecule has 5 nitrogen and oxygen atoms in total. The van der Waals surface area contributed by atoms with Crippen molar-refractivity contribution in [2.45, 2.75) is 6.61 Å². The highest BCUT2D eigenvalue weighted by Gasteiger charge is 2.04. The minimum Gasteiger partial charge on any atom is -0.391 e. The van der Waals surface area contributed by atoms with Crippen LogP contribution in [-0.4, -0.2) is 11.1 Å². The van der Waals surface area contributed by atoms with Gasteiger partial charge in [-0.15, -0.1) is 0 Å². The Hall–Kier alpha value is -2.40. The number of nitro groups is 1. The molecule has 0 N–H and O–H groups in total. The van der Waals surface area contributed by atoms with Crippen LogP contribution < -0.4 is 0 Å². The largest absolute Gasteiger partial charge is 0.391 e.